The molecule has 2 aliphatic rings. The van der Waals surface area contributed by atoms with Crippen LogP contribution in [0.1, 0.15) is 12.6 Å². The van der Waals surface area contributed by atoms with Gasteiger partial charge in [0.15, 0.2) is 5.82 Å². The molecule has 0 fully saturated rings. The van der Waals surface area contributed by atoms with Crippen LogP contribution in [0.25, 0.3) is 5.57 Å². The maximum atomic E-state index is 13.3. The highest BCUT2D eigenvalue weighted by Crippen LogP contribution is 2.53. The molecule has 0 saturated carbocycles. The molecule has 0 saturated heterocycles. The smallest absolute Gasteiger partial charge is 0.317 e. The van der Waals surface area contributed by atoms with E-state index in [1.165, 1.54) is 0 Å². The van der Waals surface area contributed by atoms with Crippen LogP contribution in [0, 0.1) is 27.8 Å². The molecule has 1 unspecified atom stereocenters. The molecule has 23 heavy (non-hydrogen) atoms. The van der Waals surface area contributed by atoms with Crippen molar-refractivity contribution in [1.29, 1.82) is 0 Å². The molecule has 5 nitrogen and oxygen atoms in total. The van der Waals surface area contributed by atoms with Gasteiger partial charge in [0.2, 0.25) is 0 Å². The first kappa shape index (κ1) is 15.9. The van der Waals surface area contributed by atoms with Crippen molar-refractivity contribution in [2.24, 2.45) is 11.8 Å². The molecule has 0 aliphatic heterocycles. The first-order chi connectivity index (χ1) is 10.8. The molecule has 2 bridgehead atoms. The average Bonchev–Trinajstić information content (AvgIpc) is 2.92. The Morgan fingerprint density at radius 1 is 1.48 bits per heavy atom. The van der Waals surface area contributed by atoms with Crippen LogP contribution in [0.3, 0.4) is 0 Å². The molecule has 0 aromatic carbocycles. The summed E-state index contributed by atoms with van der Waals surface area (Å²) in [7, 11) is 0. The summed E-state index contributed by atoms with van der Waals surface area (Å²) in [5.74, 6) is -2.40. The number of nitrogens with zero attached hydrogens (tertiary/aromatic N) is 2. The van der Waals surface area contributed by atoms with Gasteiger partial charge in [0.05, 0.1) is 39.4 Å². The van der Waals surface area contributed by atoms with Gasteiger partial charge in [0, 0.05) is 5.92 Å². The van der Waals surface area contributed by atoms with E-state index in [-0.39, 0.29) is 22.0 Å². The minimum absolute atomic E-state index is 0.0854. The third kappa shape index (κ3) is 2.51. The first-order valence-corrected chi connectivity index (χ1v) is 7.01. The predicted octanol–water partition coefficient (Wildman–Crippen LogP) is 3.68. The molecular formula is C14H10ClF3N2O3. The van der Waals surface area contributed by atoms with Crippen LogP contribution in [0.5, 0.6) is 0 Å². The van der Waals surface area contributed by atoms with E-state index in [1.54, 1.807) is 13.0 Å². The Labute approximate surface area is 133 Å². The standard InChI is InChI=1S/C14H10ClF3N2O3/c1-5-2-6-11(9-3-7(15)8(16)4-19-9)12(20(21)22)10(5)13(6)23-14(17)18/h2-4,6,10,13-14H,1H3/t6-,10+,13?/m0/s1. The van der Waals surface area contributed by atoms with E-state index in [4.69, 9.17) is 11.6 Å². The Bertz CT molecular complexity index is 751. The Hall–Kier alpha value is -1.93. The largest absolute Gasteiger partial charge is 0.345 e. The molecule has 1 aromatic heterocycles. The van der Waals surface area contributed by atoms with Gasteiger partial charge in [-0.3, -0.25) is 15.1 Å². The molecular weight excluding hydrogens is 337 g/mol. The molecule has 0 radical (unpaired) electrons. The van der Waals surface area contributed by atoms with Gasteiger partial charge < -0.3 is 4.74 Å². The monoisotopic (exact) mass is 346 g/mol. The topological polar surface area (TPSA) is 65.3 Å². The molecule has 9 heteroatoms. The fourth-order valence-corrected chi connectivity index (χ4v) is 3.41. The number of nitro groups is 1. The van der Waals surface area contributed by atoms with Gasteiger partial charge in [0.1, 0.15) is 0 Å². The summed E-state index contributed by atoms with van der Waals surface area (Å²) in [4.78, 5) is 14.6. The molecule has 0 N–H and O–H groups in total. The highest BCUT2D eigenvalue weighted by molar-refractivity contribution is 6.30. The Morgan fingerprint density at radius 3 is 2.74 bits per heavy atom. The highest BCUT2D eigenvalue weighted by atomic mass is 35.5. The van der Waals surface area contributed by atoms with E-state index < -0.39 is 35.3 Å². The molecule has 2 aliphatic carbocycles. The SMILES string of the molecule is CC1=C[C@H]2C(c3cc(Cl)c(F)cn3)=C([N+](=O)[O-])[C@@H]1C2OC(F)F. The van der Waals surface area contributed by atoms with E-state index in [2.05, 4.69) is 9.72 Å². The molecule has 1 heterocycles. The second-order valence-corrected chi connectivity index (χ2v) is 5.72. The number of aromatic nitrogens is 1. The van der Waals surface area contributed by atoms with Gasteiger partial charge in [-0.1, -0.05) is 23.3 Å². The fraction of sp³-hybridized carbons (Fsp3) is 0.357. The lowest BCUT2D eigenvalue weighted by molar-refractivity contribution is -0.432. The van der Waals surface area contributed by atoms with E-state index in [1.807, 2.05) is 0 Å². The quantitative estimate of drug-likeness (QED) is 0.474. The van der Waals surface area contributed by atoms with E-state index in [0.717, 1.165) is 12.3 Å². The zero-order valence-electron chi connectivity index (χ0n) is 11.7. The van der Waals surface area contributed by atoms with Crippen molar-refractivity contribution in [3.63, 3.8) is 0 Å². The summed E-state index contributed by atoms with van der Waals surface area (Å²) in [6.45, 7) is -1.43. The molecule has 0 spiro atoms. The van der Waals surface area contributed by atoms with Gasteiger partial charge in [-0.2, -0.15) is 8.78 Å². The maximum absolute atomic E-state index is 13.3. The van der Waals surface area contributed by atoms with E-state index in [9.17, 15) is 23.3 Å². The third-order valence-corrected chi connectivity index (χ3v) is 4.35. The molecule has 3 rings (SSSR count). The number of hydrogen-bond acceptors (Lipinski definition) is 4. The number of ether oxygens (including phenoxy) is 1. The average molecular weight is 347 g/mol. The minimum Gasteiger partial charge on any atom is -0.317 e. The Balaban J connectivity index is 2.11. The van der Waals surface area contributed by atoms with Gasteiger partial charge in [0.25, 0.3) is 5.70 Å². The van der Waals surface area contributed by atoms with Crippen LogP contribution in [0.4, 0.5) is 13.2 Å². The van der Waals surface area contributed by atoms with Crippen LogP contribution in [-0.4, -0.2) is 22.6 Å². The number of halogens is 4. The number of rotatable bonds is 4. The van der Waals surface area contributed by atoms with Gasteiger partial charge in [-0.05, 0) is 13.0 Å². The molecule has 3 atom stereocenters. The zero-order valence-corrected chi connectivity index (χ0v) is 12.4. The van der Waals surface area contributed by atoms with E-state index >= 15 is 0 Å². The molecule has 0 amide bonds. The zero-order chi connectivity index (χ0) is 16.9. The summed E-state index contributed by atoms with van der Waals surface area (Å²) >= 11 is 5.70. The van der Waals surface area contributed by atoms with Crippen molar-refractivity contribution in [3.05, 3.63) is 56.3 Å². The van der Waals surface area contributed by atoms with Gasteiger partial charge >= 0.3 is 6.61 Å². The summed E-state index contributed by atoms with van der Waals surface area (Å²) in [6, 6.07) is 1.15. The van der Waals surface area contributed by atoms with Crippen LogP contribution in [0.2, 0.25) is 5.02 Å². The van der Waals surface area contributed by atoms with Crippen molar-refractivity contribution < 1.29 is 22.8 Å². The van der Waals surface area contributed by atoms with Crippen molar-refractivity contribution in [2.45, 2.75) is 19.6 Å². The van der Waals surface area contributed by atoms with Gasteiger partial charge in [-0.15, -0.1) is 0 Å². The Kier molecular flexibility index (Phi) is 3.89. The third-order valence-electron chi connectivity index (χ3n) is 4.06. The van der Waals surface area contributed by atoms with Crippen LogP contribution >= 0.6 is 11.6 Å². The summed E-state index contributed by atoms with van der Waals surface area (Å²) < 4.78 is 43.1. The number of alkyl halides is 2. The first-order valence-electron chi connectivity index (χ1n) is 6.63. The summed E-state index contributed by atoms with van der Waals surface area (Å²) in [5, 5.41) is 11.2. The van der Waals surface area contributed by atoms with Crippen LogP contribution in [-0.2, 0) is 4.74 Å². The number of pyridine rings is 1. The predicted molar refractivity (Wildman–Crippen MR) is 74.7 cm³/mol. The van der Waals surface area contributed by atoms with E-state index in [0.29, 0.717) is 5.57 Å². The lowest BCUT2D eigenvalue weighted by Crippen LogP contribution is -2.26. The lowest BCUT2D eigenvalue weighted by atomic mass is 9.95. The van der Waals surface area contributed by atoms with Crippen molar-refractivity contribution in [3.8, 4) is 0 Å². The van der Waals surface area contributed by atoms with Crippen molar-refractivity contribution in [1.82, 2.24) is 4.98 Å². The number of hydrogen-bond donors (Lipinski definition) is 0. The lowest BCUT2D eigenvalue weighted by Gasteiger charge is -2.17. The van der Waals surface area contributed by atoms with Crippen molar-refractivity contribution >= 4 is 17.2 Å². The van der Waals surface area contributed by atoms with Crippen LogP contribution in [0.15, 0.2) is 29.6 Å². The molecule has 1 aromatic rings. The fourth-order valence-electron chi connectivity index (χ4n) is 3.26. The highest BCUT2D eigenvalue weighted by Gasteiger charge is 2.55. The maximum Gasteiger partial charge on any atom is 0.345 e. The minimum atomic E-state index is -3.05. The van der Waals surface area contributed by atoms with Gasteiger partial charge in [-0.25, -0.2) is 4.39 Å². The van der Waals surface area contributed by atoms with Crippen molar-refractivity contribution in [2.75, 3.05) is 0 Å². The van der Waals surface area contributed by atoms with Crippen LogP contribution < -0.4 is 0 Å². The number of fused-ring (bicyclic) bond motifs is 2. The Morgan fingerprint density at radius 2 is 2.17 bits per heavy atom. The normalized spacial score (nSPS) is 26.2. The summed E-state index contributed by atoms with van der Waals surface area (Å²) in [5.41, 5.74) is 0.556. The molecule has 122 valence electrons. The second-order valence-electron chi connectivity index (χ2n) is 5.32. The second kappa shape index (κ2) is 5.61. The summed E-state index contributed by atoms with van der Waals surface area (Å²) in [6.07, 6.45) is 1.41.